The number of nitrogens with one attached hydrogen (secondary N) is 1. The van der Waals surface area contributed by atoms with E-state index in [1.165, 1.54) is 0 Å². The lowest BCUT2D eigenvalue weighted by atomic mass is 10.2. The van der Waals surface area contributed by atoms with Gasteiger partial charge in [-0.1, -0.05) is 18.2 Å². The van der Waals surface area contributed by atoms with Crippen molar-refractivity contribution in [2.24, 2.45) is 16.5 Å². The van der Waals surface area contributed by atoms with Crippen LogP contribution in [-0.4, -0.2) is 18.2 Å². The molecule has 17 heavy (non-hydrogen) atoms. The average molecular weight is 232 g/mol. The van der Waals surface area contributed by atoms with Gasteiger partial charge in [-0.25, -0.2) is 4.99 Å². The number of nitrogens with two attached hydrogens (primary N) is 2. The van der Waals surface area contributed by atoms with Crippen LogP contribution < -0.4 is 21.5 Å². The van der Waals surface area contributed by atoms with Crippen molar-refractivity contribution in [3.05, 3.63) is 42.6 Å². The Morgan fingerprint density at radius 1 is 1.29 bits per heavy atom. The molecule has 0 spiro atoms. The molecule has 0 saturated carbocycles. The monoisotopic (exact) mass is 232 g/mol. The molecular formula is C12H16N4O. The minimum Gasteiger partial charge on any atom is -0.493 e. The summed E-state index contributed by atoms with van der Waals surface area (Å²) < 4.78 is 5.56. The molecule has 1 aliphatic heterocycles. The highest BCUT2D eigenvalue weighted by molar-refractivity contribution is 5.92. The van der Waals surface area contributed by atoms with Crippen LogP contribution >= 0.6 is 0 Å². The van der Waals surface area contributed by atoms with Gasteiger partial charge in [0.2, 0.25) is 0 Å². The van der Waals surface area contributed by atoms with Crippen molar-refractivity contribution in [1.82, 2.24) is 5.32 Å². The molecule has 1 aliphatic rings. The molecule has 0 aliphatic carbocycles. The van der Waals surface area contributed by atoms with Gasteiger partial charge in [0.05, 0.1) is 6.61 Å². The molecule has 0 aromatic heterocycles. The number of hydrogen-bond donors (Lipinski definition) is 3. The normalized spacial score (nSPS) is 22.8. The van der Waals surface area contributed by atoms with Crippen LogP contribution in [-0.2, 0) is 0 Å². The molecule has 0 fully saturated rings. The Balaban J connectivity index is 1.85. The number of hydrogen-bond acceptors (Lipinski definition) is 5. The number of benzene rings is 1. The van der Waals surface area contributed by atoms with Crippen LogP contribution in [0.5, 0.6) is 5.75 Å². The average Bonchev–Trinajstić information content (AvgIpc) is 2.30. The lowest BCUT2D eigenvalue weighted by Gasteiger charge is -2.28. The van der Waals surface area contributed by atoms with Gasteiger partial charge in [0, 0.05) is 12.6 Å². The summed E-state index contributed by atoms with van der Waals surface area (Å²) in [6.07, 6.45) is 3.90. The molecule has 1 heterocycles. The number of ether oxygens (including phenoxy) is 1. The van der Waals surface area contributed by atoms with Crippen LogP contribution in [0.4, 0.5) is 0 Å². The van der Waals surface area contributed by atoms with Gasteiger partial charge in [-0.2, -0.15) is 0 Å². The highest BCUT2D eigenvalue weighted by Crippen LogP contribution is 2.12. The van der Waals surface area contributed by atoms with Gasteiger partial charge < -0.3 is 15.8 Å². The largest absolute Gasteiger partial charge is 0.493 e. The van der Waals surface area contributed by atoms with Crippen molar-refractivity contribution in [2.75, 3.05) is 6.61 Å². The maximum Gasteiger partial charge on any atom is 0.187 e. The maximum absolute atomic E-state index is 6.00. The molecule has 0 amide bonds. The van der Waals surface area contributed by atoms with Gasteiger partial charge in [-0.15, -0.1) is 0 Å². The molecule has 5 nitrogen and oxygen atoms in total. The second kappa shape index (κ2) is 4.88. The summed E-state index contributed by atoms with van der Waals surface area (Å²) in [5.41, 5.74) is 11.6. The molecule has 1 unspecified atom stereocenters. The first-order valence-corrected chi connectivity index (χ1v) is 5.44. The third-order valence-corrected chi connectivity index (χ3v) is 2.41. The van der Waals surface area contributed by atoms with Gasteiger partial charge >= 0.3 is 0 Å². The zero-order chi connectivity index (χ0) is 12.1. The molecule has 5 heteroatoms. The summed E-state index contributed by atoms with van der Waals surface area (Å²) in [6, 6.07) is 9.58. The van der Waals surface area contributed by atoms with E-state index in [9.17, 15) is 0 Å². The van der Waals surface area contributed by atoms with Gasteiger partial charge in [0.15, 0.2) is 5.79 Å². The van der Waals surface area contributed by atoms with Crippen molar-refractivity contribution in [2.45, 2.75) is 12.2 Å². The highest BCUT2D eigenvalue weighted by atomic mass is 16.5. The van der Waals surface area contributed by atoms with Crippen LogP contribution in [0.1, 0.15) is 6.42 Å². The molecule has 1 aromatic carbocycles. The van der Waals surface area contributed by atoms with Crippen LogP contribution in [0.25, 0.3) is 0 Å². The fourth-order valence-corrected chi connectivity index (χ4v) is 1.54. The lowest BCUT2D eigenvalue weighted by Crippen LogP contribution is -2.53. The summed E-state index contributed by atoms with van der Waals surface area (Å²) in [6.45, 7) is 0.470. The molecule has 0 radical (unpaired) electrons. The minimum atomic E-state index is -0.867. The molecule has 90 valence electrons. The molecular weight excluding hydrogens is 216 g/mol. The molecule has 1 aromatic rings. The van der Waals surface area contributed by atoms with Crippen molar-refractivity contribution in [1.29, 1.82) is 0 Å². The second-order valence-corrected chi connectivity index (χ2v) is 3.85. The first kappa shape index (κ1) is 11.5. The van der Waals surface area contributed by atoms with Gasteiger partial charge in [-0.05, 0) is 18.2 Å². The number of nitrogens with zero attached hydrogens (tertiary/aromatic N) is 1. The maximum atomic E-state index is 6.00. The Morgan fingerprint density at radius 2 is 2.06 bits per heavy atom. The third kappa shape index (κ3) is 3.22. The van der Waals surface area contributed by atoms with Crippen LogP contribution in [0.2, 0.25) is 0 Å². The zero-order valence-electron chi connectivity index (χ0n) is 9.47. The first-order chi connectivity index (χ1) is 8.18. The van der Waals surface area contributed by atoms with Crippen LogP contribution in [0.15, 0.2) is 47.6 Å². The fourth-order valence-electron chi connectivity index (χ4n) is 1.54. The van der Waals surface area contributed by atoms with E-state index in [2.05, 4.69) is 10.3 Å². The highest BCUT2D eigenvalue weighted by Gasteiger charge is 2.24. The van der Waals surface area contributed by atoms with E-state index < -0.39 is 5.79 Å². The predicted molar refractivity (Wildman–Crippen MR) is 67.4 cm³/mol. The molecule has 1 atom stereocenters. The van der Waals surface area contributed by atoms with E-state index in [-0.39, 0.29) is 0 Å². The number of amidine groups is 1. The van der Waals surface area contributed by atoms with E-state index in [1.54, 1.807) is 12.3 Å². The fraction of sp³-hybridized carbons (Fsp3) is 0.250. The van der Waals surface area contributed by atoms with E-state index in [1.807, 2.05) is 30.3 Å². The van der Waals surface area contributed by atoms with E-state index >= 15 is 0 Å². The Labute approximate surface area is 100 Å². The Morgan fingerprint density at radius 3 is 2.76 bits per heavy atom. The summed E-state index contributed by atoms with van der Waals surface area (Å²) in [7, 11) is 0. The predicted octanol–water partition coefficient (Wildman–Crippen LogP) is 0.542. The minimum absolute atomic E-state index is 0.422. The van der Waals surface area contributed by atoms with Crippen LogP contribution in [0, 0.1) is 0 Å². The number of aliphatic imine (C=N–C) groups is 1. The summed E-state index contributed by atoms with van der Waals surface area (Å²) >= 11 is 0. The van der Waals surface area contributed by atoms with E-state index in [4.69, 9.17) is 16.2 Å². The molecule has 5 N–H and O–H groups in total. The Hall–Kier alpha value is -2.01. The lowest BCUT2D eigenvalue weighted by molar-refractivity contribution is 0.245. The standard InChI is InChI=1S/C12H16N4O/c13-11-6-8-15-12(14,16-11)7-9-17-10-4-2-1-3-5-10/h1-6,8,15H,7,9,14H2,(H2,13,16). The molecule has 2 rings (SSSR count). The Bertz CT molecular complexity index is 429. The van der Waals surface area contributed by atoms with E-state index in [0.29, 0.717) is 18.9 Å². The number of rotatable bonds is 4. The second-order valence-electron chi connectivity index (χ2n) is 3.85. The topological polar surface area (TPSA) is 85.7 Å². The summed E-state index contributed by atoms with van der Waals surface area (Å²) in [5, 5.41) is 2.96. The zero-order valence-corrected chi connectivity index (χ0v) is 9.47. The van der Waals surface area contributed by atoms with Gasteiger partial charge in [-0.3, -0.25) is 5.73 Å². The van der Waals surface area contributed by atoms with Crippen LogP contribution in [0.3, 0.4) is 0 Å². The number of para-hydroxylation sites is 1. The van der Waals surface area contributed by atoms with E-state index in [0.717, 1.165) is 5.75 Å². The Kier molecular flexibility index (Phi) is 3.30. The van der Waals surface area contributed by atoms with Crippen molar-refractivity contribution in [3.63, 3.8) is 0 Å². The quantitative estimate of drug-likeness (QED) is 0.707. The smallest absolute Gasteiger partial charge is 0.187 e. The van der Waals surface area contributed by atoms with Gasteiger partial charge in [0.25, 0.3) is 0 Å². The third-order valence-electron chi connectivity index (χ3n) is 2.41. The van der Waals surface area contributed by atoms with Crippen molar-refractivity contribution in [3.8, 4) is 5.75 Å². The SMILES string of the molecule is NC1=NC(N)(CCOc2ccccc2)NC=C1. The van der Waals surface area contributed by atoms with Gasteiger partial charge in [0.1, 0.15) is 11.6 Å². The summed E-state index contributed by atoms with van der Waals surface area (Å²) in [4.78, 5) is 4.14. The van der Waals surface area contributed by atoms with Crippen molar-refractivity contribution >= 4 is 5.84 Å². The first-order valence-electron chi connectivity index (χ1n) is 5.44. The summed E-state index contributed by atoms with van der Waals surface area (Å²) in [5.74, 6) is 0.374. The van der Waals surface area contributed by atoms with Crippen molar-refractivity contribution < 1.29 is 4.74 Å². The molecule has 0 bridgehead atoms. The molecule has 0 saturated heterocycles.